The fourth-order valence-electron chi connectivity index (χ4n) is 1.48. The molecule has 1 atom stereocenters. The van der Waals surface area contributed by atoms with E-state index in [9.17, 15) is 0 Å². The first-order valence-electron chi connectivity index (χ1n) is 5.92. The van der Waals surface area contributed by atoms with Gasteiger partial charge in [0, 0.05) is 13.2 Å². The van der Waals surface area contributed by atoms with E-state index in [1.54, 1.807) is 0 Å². The van der Waals surface area contributed by atoms with E-state index >= 15 is 0 Å². The van der Waals surface area contributed by atoms with Gasteiger partial charge in [0.15, 0.2) is 0 Å². The van der Waals surface area contributed by atoms with Crippen molar-refractivity contribution in [3.8, 4) is 0 Å². The van der Waals surface area contributed by atoms with Gasteiger partial charge >= 0.3 is 0 Å². The van der Waals surface area contributed by atoms with E-state index in [0.29, 0.717) is 6.10 Å². The first-order valence-corrected chi connectivity index (χ1v) is 5.92. The lowest BCUT2D eigenvalue weighted by atomic mass is 10.2. The van der Waals surface area contributed by atoms with Gasteiger partial charge in [0.25, 0.3) is 0 Å². The Morgan fingerprint density at radius 1 is 1.07 bits per heavy atom. The number of epoxide rings is 1. The summed E-state index contributed by atoms with van der Waals surface area (Å²) in [5.41, 5.74) is 0. The zero-order chi connectivity index (χ0) is 10.1. The van der Waals surface area contributed by atoms with Gasteiger partial charge in [-0.15, -0.1) is 0 Å². The number of rotatable bonds is 10. The number of hydrogen-bond donors (Lipinski definition) is 0. The average Bonchev–Trinajstić information content (AvgIpc) is 2.99. The molecule has 0 aromatic rings. The van der Waals surface area contributed by atoms with Crippen LogP contribution in [0.4, 0.5) is 0 Å². The van der Waals surface area contributed by atoms with Crippen molar-refractivity contribution >= 4 is 0 Å². The highest BCUT2D eigenvalue weighted by molar-refractivity contribution is 4.67. The Hall–Kier alpha value is -0.0800. The average molecular weight is 199 g/mol. The fourth-order valence-corrected chi connectivity index (χ4v) is 1.48. The van der Waals surface area contributed by atoms with Crippen LogP contribution in [0, 0.1) is 6.92 Å². The van der Waals surface area contributed by atoms with E-state index in [4.69, 9.17) is 9.47 Å². The molecule has 1 unspecified atom stereocenters. The predicted octanol–water partition coefficient (Wildman–Crippen LogP) is 2.97. The van der Waals surface area contributed by atoms with Gasteiger partial charge in [-0.25, -0.2) is 0 Å². The lowest BCUT2D eigenvalue weighted by Gasteiger charge is -2.03. The van der Waals surface area contributed by atoms with E-state index in [1.165, 1.54) is 32.1 Å². The molecule has 1 rings (SSSR count). The van der Waals surface area contributed by atoms with Crippen molar-refractivity contribution in [1.29, 1.82) is 0 Å². The molecule has 1 heterocycles. The van der Waals surface area contributed by atoms with Crippen molar-refractivity contribution in [2.24, 2.45) is 0 Å². The fraction of sp³-hybridized carbons (Fsp3) is 0.917. The van der Waals surface area contributed by atoms with Crippen molar-refractivity contribution in [3.63, 3.8) is 0 Å². The zero-order valence-corrected chi connectivity index (χ0v) is 9.17. The molecule has 1 aliphatic rings. The summed E-state index contributed by atoms with van der Waals surface area (Å²) in [7, 11) is 0. The molecular formula is C12H23O2. The summed E-state index contributed by atoms with van der Waals surface area (Å²) in [4.78, 5) is 0. The van der Waals surface area contributed by atoms with Crippen LogP contribution >= 0.6 is 0 Å². The molecule has 1 fully saturated rings. The highest BCUT2D eigenvalue weighted by atomic mass is 16.6. The first kappa shape index (κ1) is 12.0. The maximum Gasteiger partial charge on any atom is 0.0810 e. The Kier molecular flexibility index (Phi) is 7.06. The molecule has 2 heteroatoms. The maximum absolute atomic E-state index is 5.52. The summed E-state index contributed by atoms with van der Waals surface area (Å²) in [6.45, 7) is 6.65. The van der Waals surface area contributed by atoms with E-state index < -0.39 is 0 Å². The topological polar surface area (TPSA) is 21.8 Å². The molecule has 0 aromatic carbocycles. The van der Waals surface area contributed by atoms with Gasteiger partial charge in [-0.05, 0) is 19.3 Å². The van der Waals surface area contributed by atoms with Crippen LogP contribution in [0.3, 0.4) is 0 Å². The van der Waals surface area contributed by atoms with Crippen molar-refractivity contribution in [1.82, 2.24) is 0 Å². The summed E-state index contributed by atoms with van der Waals surface area (Å²) in [5, 5.41) is 0. The lowest BCUT2D eigenvalue weighted by molar-refractivity contribution is 0.124. The molecule has 1 radical (unpaired) electrons. The standard InChI is InChI=1S/C12H23O2/c1-2-3-4-5-6-9-13-10-7-8-12-11-14-12/h12H,1-11H2. The smallest absolute Gasteiger partial charge is 0.0810 e. The third-order valence-electron chi connectivity index (χ3n) is 2.51. The van der Waals surface area contributed by atoms with Crippen LogP contribution < -0.4 is 0 Å². The molecule has 0 aromatic heterocycles. The minimum absolute atomic E-state index is 0.565. The van der Waals surface area contributed by atoms with Crippen molar-refractivity contribution < 1.29 is 9.47 Å². The SMILES string of the molecule is [CH2]CCCCCCOCCCC1CO1. The highest BCUT2D eigenvalue weighted by Gasteiger charge is 2.20. The van der Waals surface area contributed by atoms with Crippen LogP contribution in [0.15, 0.2) is 0 Å². The quantitative estimate of drug-likeness (QED) is 0.398. The van der Waals surface area contributed by atoms with Crippen LogP contribution in [-0.2, 0) is 9.47 Å². The van der Waals surface area contributed by atoms with Gasteiger partial charge in [-0.1, -0.05) is 32.6 Å². The summed E-state index contributed by atoms with van der Waals surface area (Å²) < 4.78 is 10.6. The second-order valence-corrected chi connectivity index (χ2v) is 3.98. The Morgan fingerprint density at radius 3 is 2.50 bits per heavy atom. The van der Waals surface area contributed by atoms with Crippen LogP contribution in [0.25, 0.3) is 0 Å². The van der Waals surface area contributed by atoms with Crippen LogP contribution in [0.2, 0.25) is 0 Å². The lowest BCUT2D eigenvalue weighted by Crippen LogP contribution is -1.98. The Bertz CT molecular complexity index is 121. The van der Waals surface area contributed by atoms with E-state index in [-0.39, 0.29) is 0 Å². The predicted molar refractivity (Wildman–Crippen MR) is 58.2 cm³/mol. The van der Waals surface area contributed by atoms with Gasteiger partial charge in [-0.2, -0.15) is 0 Å². The molecule has 0 bridgehead atoms. The first-order chi connectivity index (χ1) is 6.93. The molecule has 0 amide bonds. The summed E-state index contributed by atoms with van der Waals surface area (Å²) in [6, 6.07) is 0. The molecule has 1 saturated heterocycles. The number of ether oxygens (including phenoxy) is 2. The Balaban J connectivity index is 1.63. The van der Waals surface area contributed by atoms with Crippen molar-refractivity contribution in [3.05, 3.63) is 6.92 Å². The molecule has 14 heavy (non-hydrogen) atoms. The van der Waals surface area contributed by atoms with Crippen molar-refractivity contribution in [2.45, 2.75) is 51.0 Å². The summed E-state index contributed by atoms with van der Waals surface area (Å²) >= 11 is 0. The summed E-state index contributed by atoms with van der Waals surface area (Å²) in [6.07, 6.45) is 9.05. The largest absolute Gasteiger partial charge is 0.381 e. The third-order valence-corrected chi connectivity index (χ3v) is 2.51. The van der Waals surface area contributed by atoms with Crippen molar-refractivity contribution in [2.75, 3.05) is 19.8 Å². The maximum atomic E-state index is 5.52. The van der Waals surface area contributed by atoms with Crippen LogP contribution in [0.5, 0.6) is 0 Å². The zero-order valence-electron chi connectivity index (χ0n) is 9.17. The Morgan fingerprint density at radius 2 is 1.79 bits per heavy atom. The monoisotopic (exact) mass is 199 g/mol. The van der Waals surface area contributed by atoms with Gasteiger partial charge < -0.3 is 9.47 Å². The number of unbranched alkanes of at least 4 members (excludes halogenated alkanes) is 4. The molecule has 0 spiro atoms. The van der Waals surface area contributed by atoms with Gasteiger partial charge in [0.05, 0.1) is 12.7 Å². The van der Waals surface area contributed by atoms with Crippen LogP contribution in [0.1, 0.15) is 44.9 Å². The molecule has 83 valence electrons. The third kappa shape index (κ3) is 7.34. The van der Waals surface area contributed by atoms with Gasteiger partial charge in [0.2, 0.25) is 0 Å². The minimum atomic E-state index is 0.565. The van der Waals surface area contributed by atoms with Crippen LogP contribution in [-0.4, -0.2) is 25.9 Å². The molecule has 0 N–H and O–H groups in total. The normalized spacial score (nSPS) is 19.9. The summed E-state index contributed by atoms with van der Waals surface area (Å²) in [5.74, 6) is 0. The molecular weight excluding hydrogens is 176 g/mol. The molecule has 1 aliphatic heterocycles. The second-order valence-electron chi connectivity index (χ2n) is 3.98. The molecule has 0 aliphatic carbocycles. The Labute approximate surface area is 88.0 Å². The molecule has 0 saturated carbocycles. The van der Waals surface area contributed by atoms with E-state index in [2.05, 4.69) is 6.92 Å². The molecule has 2 nitrogen and oxygen atoms in total. The minimum Gasteiger partial charge on any atom is -0.381 e. The van der Waals surface area contributed by atoms with E-state index in [1.807, 2.05) is 0 Å². The number of hydrogen-bond acceptors (Lipinski definition) is 2. The van der Waals surface area contributed by atoms with E-state index in [0.717, 1.165) is 32.7 Å². The highest BCUT2D eigenvalue weighted by Crippen LogP contribution is 2.15. The second kappa shape index (κ2) is 8.25. The van der Waals surface area contributed by atoms with Gasteiger partial charge in [-0.3, -0.25) is 0 Å². The van der Waals surface area contributed by atoms with Gasteiger partial charge in [0.1, 0.15) is 0 Å².